The fourth-order valence-electron chi connectivity index (χ4n) is 2.47. The highest BCUT2D eigenvalue weighted by Gasteiger charge is 2.25. The van der Waals surface area contributed by atoms with E-state index in [1.54, 1.807) is 4.90 Å². The van der Waals surface area contributed by atoms with E-state index in [0.717, 1.165) is 16.8 Å². The fourth-order valence-corrected chi connectivity index (χ4v) is 2.47. The standard InChI is InChI=1S/C15H20N2O4/c1-10-5-11(2)7-12(6-10)16-15(20)17-3-4-21-13(9-17)8-14(18)19/h5-7,13H,3-4,8-9H2,1-2H3,(H,16,20)(H,18,19). The van der Waals surface area contributed by atoms with Gasteiger partial charge in [0.25, 0.3) is 0 Å². The molecule has 1 aromatic rings. The zero-order valence-electron chi connectivity index (χ0n) is 12.3. The third kappa shape index (κ3) is 4.46. The molecule has 2 amide bonds. The summed E-state index contributed by atoms with van der Waals surface area (Å²) in [4.78, 5) is 24.5. The van der Waals surface area contributed by atoms with Crippen LogP contribution in [0.15, 0.2) is 18.2 Å². The van der Waals surface area contributed by atoms with Crippen LogP contribution < -0.4 is 5.32 Å². The lowest BCUT2D eigenvalue weighted by atomic mass is 10.1. The van der Waals surface area contributed by atoms with Gasteiger partial charge < -0.3 is 20.1 Å². The Morgan fingerprint density at radius 3 is 2.62 bits per heavy atom. The number of carbonyl (C=O) groups excluding carboxylic acids is 1. The summed E-state index contributed by atoms with van der Waals surface area (Å²) in [5.41, 5.74) is 2.91. The number of hydrogen-bond donors (Lipinski definition) is 2. The Kier molecular flexibility index (Phi) is 4.80. The molecule has 1 aliphatic heterocycles. The topological polar surface area (TPSA) is 78.9 Å². The maximum absolute atomic E-state index is 12.2. The van der Waals surface area contributed by atoms with E-state index >= 15 is 0 Å². The van der Waals surface area contributed by atoms with Crippen molar-refractivity contribution < 1.29 is 19.4 Å². The molecular weight excluding hydrogens is 272 g/mol. The van der Waals surface area contributed by atoms with E-state index in [0.29, 0.717) is 19.7 Å². The van der Waals surface area contributed by atoms with Crippen LogP contribution in [0, 0.1) is 13.8 Å². The molecule has 0 saturated carbocycles. The van der Waals surface area contributed by atoms with E-state index in [-0.39, 0.29) is 12.5 Å². The summed E-state index contributed by atoms with van der Waals surface area (Å²) in [5.74, 6) is -0.920. The molecule has 1 heterocycles. The molecule has 0 aliphatic carbocycles. The minimum atomic E-state index is -0.920. The number of urea groups is 1. The zero-order chi connectivity index (χ0) is 15.4. The van der Waals surface area contributed by atoms with Gasteiger partial charge in [-0.2, -0.15) is 0 Å². The summed E-state index contributed by atoms with van der Waals surface area (Å²) in [5, 5.41) is 11.6. The highest BCUT2D eigenvalue weighted by molar-refractivity contribution is 5.89. The van der Waals surface area contributed by atoms with Gasteiger partial charge >= 0.3 is 12.0 Å². The van der Waals surface area contributed by atoms with E-state index in [9.17, 15) is 9.59 Å². The van der Waals surface area contributed by atoms with Gasteiger partial charge in [-0.15, -0.1) is 0 Å². The zero-order valence-corrected chi connectivity index (χ0v) is 12.3. The first kappa shape index (κ1) is 15.3. The second-order valence-corrected chi connectivity index (χ2v) is 5.34. The first-order valence-corrected chi connectivity index (χ1v) is 6.91. The van der Waals surface area contributed by atoms with Gasteiger partial charge in [0.05, 0.1) is 19.1 Å². The minimum absolute atomic E-state index is 0.0899. The Bertz CT molecular complexity index is 524. The Balaban J connectivity index is 1.97. The van der Waals surface area contributed by atoms with Gasteiger partial charge in [-0.25, -0.2) is 4.79 Å². The van der Waals surface area contributed by atoms with Gasteiger partial charge in [-0.1, -0.05) is 6.07 Å². The molecule has 6 heteroatoms. The van der Waals surface area contributed by atoms with Crippen molar-refractivity contribution in [3.63, 3.8) is 0 Å². The van der Waals surface area contributed by atoms with Crippen LogP contribution in [0.3, 0.4) is 0 Å². The van der Waals surface area contributed by atoms with Gasteiger partial charge in [0.2, 0.25) is 0 Å². The van der Waals surface area contributed by atoms with E-state index in [2.05, 4.69) is 5.32 Å². The van der Waals surface area contributed by atoms with Crippen LogP contribution >= 0.6 is 0 Å². The number of hydrogen-bond acceptors (Lipinski definition) is 3. The van der Waals surface area contributed by atoms with Crippen molar-refractivity contribution in [2.75, 3.05) is 25.0 Å². The minimum Gasteiger partial charge on any atom is -0.481 e. The van der Waals surface area contributed by atoms with Crippen molar-refractivity contribution in [1.82, 2.24) is 4.90 Å². The molecule has 2 rings (SSSR count). The number of amides is 2. The quantitative estimate of drug-likeness (QED) is 0.893. The predicted molar refractivity (Wildman–Crippen MR) is 78.5 cm³/mol. The number of ether oxygens (including phenoxy) is 1. The monoisotopic (exact) mass is 292 g/mol. The van der Waals surface area contributed by atoms with Gasteiger partial charge in [-0.05, 0) is 37.1 Å². The lowest BCUT2D eigenvalue weighted by Crippen LogP contribution is -2.47. The molecule has 0 bridgehead atoms. The Morgan fingerprint density at radius 2 is 2.00 bits per heavy atom. The van der Waals surface area contributed by atoms with Gasteiger partial charge in [0, 0.05) is 18.8 Å². The summed E-state index contributed by atoms with van der Waals surface area (Å²) in [6.45, 7) is 5.06. The number of aryl methyl sites for hydroxylation is 2. The highest BCUT2D eigenvalue weighted by atomic mass is 16.5. The average molecular weight is 292 g/mol. The number of nitrogens with zero attached hydrogens (tertiary/aromatic N) is 1. The van der Waals surface area contributed by atoms with Crippen molar-refractivity contribution in [1.29, 1.82) is 0 Å². The first-order chi connectivity index (χ1) is 9.94. The van der Waals surface area contributed by atoms with Crippen LogP contribution in [-0.2, 0) is 9.53 Å². The molecule has 6 nitrogen and oxygen atoms in total. The molecule has 0 spiro atoms. The van der Waals surface area contributed by atoms with Crippen molar-refractivity contribution in [3.05, 3.63) is 29.3 Å². The molecule has 1 saturated heterocycles. The summed E-state index contributed by atoms with van der Waals surface area (Å²) >= 11 is 0. The summed E-state index contributed by atoms with van der Waals surface area (Å²) in [7, 11) is 0. The molecule has 1 fully saturated rings. The molecule has 1 unspecified atom stereocenters. The summed E-state index contributed by atoms with van der Waals surface area (Å²) in [6, 6.07) is 5.62. The fraction of sp³-hybridized carbons (Fsp3) is 0.467. The van der Waals surface area contributed by atoms with Gasteiger partial charge in [-0.3, -0.25) is 4.79 Å². The molecule has 21 heavy (non-hydrogen) atoms. The van der Waals surface area contributed by atoms with Crippen molar-refractivity contribution >= 4 is 17.7 Å². The number of carboxylic acid groups (broad SMARTS) is 1. The summed E-state index contributed by atoms with van der Waals surface area (Å²) in [6.07, 6.45) is -0.533. The maximum atomic E-state index is 12.2. The predicted octanol–water partition coefficient (Wildman–Crippen LogP) is 2.01. The smallest absolute Gasteiger partial charge is 0.322 e. The Morgan fingerprint density at radius 1 is 1.33 bits per heavy atom. The molecule has 0 aromatic heterocycles. The van der Waals surface area contributed by atoms with E-state index < -0.39 is 12.1 Å². The first-order valence-electron chi connectivity index (χ1n) is 6.91. The molecular formula is C15H20N2O4. The number of aliphatic carboxylic acids is 1. The van der Waals surface area contributed by atoms with Crippen LogP contribution in [0.1, 0.15) is 17.5 Å². The summed E-state index contributed by atoms with van der Waals surface area (Å²) < 4.78 is 5.36. The van der Waals surface area contributed by atoms with Crippen molar-refractivity contribution in [2.24, 2.45) is 0 Å². The number of nitrogens with one attached hydrogen (secondary N) is 1. The number of carbonyl (C=O) groups is 2. The van der Waals surface area contributed by atoms with Crippen LogP contribution in [-0.4, -0.2) is 47.8 Å². The molecule has 1 aromatic carbocycles. The largest absolute Gasteiger partial charge is 0.481 e. The Hall–Kier alpha value is -2.08. The second-order valence-electron chi connectivity index (χ2n) is 5.34. The van der Waals surface area contributed by atoms with Crippen LogP contribution in [0.25, 0.3) is 0 Å². The highest BCUT2D eigenvalue weighted by Crippen LogP contribution is 2.16. The molecule has 114 valence electrons. The maximum Gasteiger partial charge on any atom is 0.322 e. The van der Waals surface area contributed by atoms with Crippen LogP contribution in [0.5, 0.6) is 0 Å². The van der Waals surface area contributed by atoms with Gasteiger partial charge in [0.1, 0.15) is 0 Å². The molecule has 2 N–H and O–H groups in total. The molecule has 0 radical (unpaired) electrons. The SMILES string of the molecule is Cc1cc(C)cc(NC(=O)N2CCOC(CC(=O)O)C2)c1. The van der Waals surface area contributed by atoms with E-state index in [1.165, 1.54) is 0 Å². The lowest BCUT2D eigenvalue weighted by Gasteiger charge is -2.32. The molecule has 1 atom stereocenters. The third-order valence-electron chi connectivity index (χ3n) is 3.30. The van der Waals surface area contributed by atoms with Crippen LogP contribution in [0.2, 0.25) is 0 Å². The van der Waals surface area contributed by atoms with E-state index in [4.69, 9.17) is 9.84 Å². The van der Waals surface area contributed by atoms with Crippen molar-refractivity contribution in [2.45, 2.75) is 26.4 Å². The number of benzene rings is 1. The van der Waals surface area contributed by atoms with Gasteiger partial charge in [0.15, 0.2) is 0 Å². The number of rotatable bonds is 3. The average Bonchev–Trinajstić information content (AvgIpc) is 2.36. The second kappa shape index (κ2) is 6.58. The Labute approximate surface area is 123 Å². The molecule has 1 aliphatic rings. The third-order valence-corrected chi connectivity index (χ3v) is 3.30. The van der Waals surface area contributed by atoms with E-state index in [1.807, 2.05) is 32.0 Å². The van der Waals surface area contributed by atoms with Crippen LogP contribution in [0.4, 0.5) is 10.5 Å². The normalized spacial score (nSPS) is 18.4. The van der Waals surface area contributed by atoms with Crippen molar-refractivity contribution in [3.8, 4) is 0 Å². The number of carboxylic acids is 1. The number of anilines is 1. The lowest BCUT2D eigenvalue weighted by molar-refractivity contribution is -0.141. The number of morpholine rings is 1.